The molecule has 0 aliphatic rings. The van der Waals surface area contributed by atoms with Crippen LogP contribution in [0.3, 0.4) is 0 Å². The minimum atomic E-state index is -0.232. The zero-order valence-electron chi connectivity index (χ0n) is 12.2. The van der Waals surface area contributed by atoms with Crippen molar-refractivity contribution in [2.75, 3.05) is 5.73 Å². The molecule has 3 nitrogen and oxygen atoms in total. The van der Waals surface area contributed by atoms with Gasteiger partial charge in [0.1, 0.15) is 17.5 Å². The summed E-state index contributed by atoms with van der Waals surface area (Å²) < 4.78 is 13.8. The van der Waals surface area contributed by atoms with Crippen molar-refractivity contribution >= 4 is 40.2 Å². The minimum absolute atomic E-state index is 0.0805. The molecule has 1 aromatic carbocycles. The average Bonchev–Trinajstić information content (AvgIpc) is 2.40. The Morgan fingerprint density at radius 2 is 1.81 bits per heavy atom. The predicted molar refractivity (Wildman–Crippen MR) is 93.8 cm³/mol. The SMILES string of the molecule is CC(C)(C)c1nc(CSc2ccc(F)cc2)nc(N)c1I. The third kappa shape index (κ3) is 4.29. The number of nitrogen functional groups attached to an aromatic ring is 1. The Balaban J connectivity index is 2.21. The Bertz CT molecular complexity index is 639. The van der Waals surface area contributed by atoms with Crippen LogP contribution < -0.4 is 5.73 Å². The van der Waals surface area contributed by atoms with Crippen molar-refractivity contribution < 1.29 is 4.39 Å². The lowest BCUT2D eigenvalue weighted by molar-refractivity contribution is 0.560. The van der Waals surface area contributed by atoms with Gasteiger partial charge in [0.25, 0.3) is 0 Å². The zero-order valence-corrected chi connectivity index (χ0v) is 15.1. The summed E-state index contributed by atoms with van der Waals surface area (Å²) in [5.74, 6) is 1.59. The summed E-state index contributed by atoms with van der Waals surface area (Å²) in [4.78, 5) is 9.97. The van der Waals surface area contributed by atoms with E-state index in [9.17, 15) is 4.39 Å². The van der Waals surface area contributed by atoms with Gasteiger partial charge in [-0.25, -0.2) is 14.4 Å². The van der Waals surface area contributed by atoms with Gasteiger partial charge in [0.05, 0.1) is 15.0 Å². The van der Waals surface area contributed by atoms with Crippen molar-refractivity contribution in [3.63, 3.8) is 0 Å². The minimum Gasteiger partial charge on any atom is -0.383 e. The molecule has 0 spiro atoms. The maximum absolute atomic E-state index is 12.9. The van der Waals surface area contributed by atoms with Crippen molar-refractivity contribution in [2.45, 2.75) is 36.8 Å². The first-order valence-corrected chi connectivity index (χ1v) is 8.54. The lowest BCUT2D eigenvalue weighted by atomic mass is 9.92. The third-order valence-corrected chi connectivity index (χ3v) is 4.89. The summed E-state index contributed by atoms with van der Waals surface area (Å²) in [7, 11) is 0. The number of halogens is 2. The first-order chi connectivity index (χ1) is 9.77. The second-order valence-electron chi connectivity index (χ2n) is 5.68. The maximum Gasteiger partial charge on any atom is 0.141 e. The van der Waals surface area contributed by atoms with Crippen molar-refractivity contribution in [3.8, 4) is 0 Å². The van der Waals surface area contributed by atoms with E-state index in [1.807, 2.05) is 0 Å². The summed E-state index contributed by atoms with van der Waals surface area (Å²) >= 11 is 3.76. The predicted octanol–water partition coefficient (Wildman–Crippen LogP) is 4.39. The fraction of sp³-hybridized carbons (Fsp3) is 0.333. The Labute approximate surface area is 142 Å². The first-order valence-electron chi connectivity index (χ1n) is 6.48. The highest BCUT2D eigenvalue weighted by molar-refractivity contribution is 14.1. The normalized spacial score (nSPS) is 11.7. The van der Waals surface area contributed by atoms with Crippen LogP contribution in [0.1, 0.15) is 32.3 Å². The van der Waals surface area contributed by atoms with E-state index in [4.69, 9.17) is 5.73 Å². The Kier molecular flexibility index (Phi) is 5.08. The fourth-order valence-corrected chi connectivity index (χ4v) is 3.56. The Morgan fingerprint density at radius 1 is 1.19 bits per heavy atom. The van der Waals surface area contributed by atoms with E-state index in [1.54, 1.807) is 23.9 Å². The van der Waals surface area contributed by atoms with Gasteiger partial charge in [-0.2, -0.15) is 0 Å². The number of nitrogens with zero attached hydrogens (tertiary/aromatic N) is 2. The summed E-state index contributed by atoms with van der Waals surface area (Å²) in [6.45, 7) is 6.31. The van der Waals surface area contributed by atoms with Crippen LogP contribution in [0.4, 0.5) is 10.2 Å². The molecular weight excluding hydrogens is 400 g/mol. The van der Waals surface area contributed by atoms with E-state index in [2.05, 4.69) is 53.3 Å². The molecule has 6 heteroatoms. The maximum atomic E-state index is 12.9. The molecule has 0 saturated heterocycles. The molecule has 0 amide bonds. The smallest absolute Gasteiger partial charge is 0.141 e. The summed E-state index contributed by atoms with van der Waals surface area (Å²) in [5, 5.41) is 0. The number of hydrogen-bond acceptors (Lipinski definition) is 4. The summed E-state index contributed by atoms with van der Waals surface area (Å²) in [6.07, 6.45) is 0. The number of rotatable bonds is 3. The highest BCUT2D eigenvalue weighted by atomic mass is 127. The van der Waals surface area contributed by atoms with Crippen LogP contribution in [-0.2, 0) is 11.2 Å². The molecule has 0 saturated carbocycles. The van der Waals surface area contributed by atoms with Gasteiger partial charge in [-0.15, -0.1) is 11.8 Å². The van der Waals surface area contributed by atoms with E-state index in [-0.39, 0.29) is 11.2 Å². The summed E-state index contributed by atoms with van der Waals surface area (Å²) in [5.41, 5.74) is 6.87. The Hall–Kier alpha value is -0.890. The van der Waals surface area contributed by atoms with Gasteiger partial charge in [-0.3, -0.25) is 0 Å². The van der Waals surface area contributed by atoms with E-state index in [0.29, 0.717) is 17.4 Å². The molecule has 0 unspecified atom stereocenters. The number of hydrogen-bond donors (Lipinski definition) is 1. The molecule has 0 fully saturated rings. The van der Waals surface area contributed by atoms with Crippen molar-refractivity contribution in [2.24, 2.45) is 0 Å². The van der Waals surface area contributed by atoms with Crippen LogP contribution in [0.5, 0.6) is 0 Å². The molecule has 0 bridgehead atoms. The van der Waals surface area contributed by atoms with E-state index in [0.717, 1.165) is 14.2 Å². The topological polar surface area (TPSA) is 51.8 Å². The van der Waals surface area contributed by atoms with Gasteiger partial charge in [-0.05, 0) is 46.9 Å². The van der Waals surface area contributed by atoms with Crippen LogP contribution in [0.25, 0.3) is 0 Å². The van der Waals surface area contributed by atoms with Crippen molar-refractivity contribution in [3.05, 3.63) is 45.2 Å². The van der Waals surface area contributed by atoms with Gasteiger partial charge < -0.3 is 5.73 Å². The van der Waals surface area contributed by atoms with Gasteiger partial charge >= 0.3 is 0 Å². The highest BCUT2D eigenvalue weighted by Gasteiger charge is 2.22. The lowest BCUT2D eigenvalue weighted by Gasteiger charge is -2.20. The number of thioether (sulfide) groups is 1. The number of anilines is 1. The van der Waals surface area contributed by atoms with E-state index in [1.165, 1.54) is 12.1 Å². The fourth-order valence-electron chi connectivity index (χ4n) is 1.75. The molecule has 0 atom stereocenters. The molecule has 2 N–H and O–H groups in total. The van der Waals surface area contributed by atoms with Gasteiger partial charge in [0.15, 0.2) is 0 Å². The van der Waals surface area contributed by atoms with Gasteiger partial charge in [0, 0.05) is 10.3 Å². The van der Waals surface area contributed by atoms with Crippen molar-refractivity contribution in [1.82, 2.24) is 9.97 Å². The number of benzene rings is 1. The quantitative estimate of drug-likeness (QED) is 0.595. The average molecular weight is 417 g/mol. The molecule has 1 heterocycles. The monoisotopic (exact) mass is 417 g/mol. The second kappa shape index (κ2) is 6.48. The second-order valence-corrected chi connectivity index (χ2v) is 7.81. The molecular formula is C15H17FIN3S. The third-order valence-electron chi connectivity index (χ3n) is 2.82. The van der Waals surface area contributed by atoms with Crippen LogP contribution >= 0.6 is 34.4 Å². The molecule has 21 heavy (non-hydrogen) atoms. The van der Waals surface area contributed by atoms with Crippen LogP contribution in [0.2, 0.25) is 0 Å². The van der Waals surface area contributed by atoms with Crippen LogP contribution in [0, 0.1) is 9.39 Å². The number of nitrogens with two attached hydrogens (primary N) is 1. The van der Waals surface area contributed by atoms with Gasteiger partial charge in [0.2, 0.25) is 0 Å². The standard InChI is InChI=1S/C15H17FIN3S/c1-15(2,3)13-12(17)14(18)20-11(19-13)8-21-10-6-4-9(16)5-7-10/h4-7H,8H2,1-3H3,(H2,18,19,20). The summed E-state index contributed by atoms with van der Waals surface area (Å²) in [6, 6.07) is 6.40. The molecule has 0 aliphatic heterocycles. The molecule has 2 rings (SSSR count). The Morgan fingerprint density at radius 3 is 2.38 bits per heavy atom. The zero-order chi connectivity index (χ0) is 15.6. The van der Waals surface area contributed by atoms with Crippen LogP contribution in [0.15, 0.2) is 29.2 Å². The number of aromatic nitrogens is 2. The molecule has 2 aromatic rings. The highest BCUT2D eigenvalue weighted by Crippen LogP contribution is 2.29. The molecule has 112 valence electrons. The molecule has 0 radical (unpaired) electrons. The van der Waals surface area contributed by atoms with E-state index >= 15 is 0 Å². The largest absolute Gasteiger partial charge is 0.383 e. The van der Waals surface area contributed by atoms with Crippen molar-refractivity contribution in [1.29, 1.82) is 0 Å². The molecule has 0 aliphatic carbocycles. The molecule has 1 aromatic heterocycles. The van der Waals surface area contributed by atoms with Crippen LogP contribution in [-0.4, -0.2) is 9.97 Å². The van der Waals surface area contributed by atoms with E-state index < -0.39 is 0 Å². The lowest BCUT2D eigenvalue weighted by Crippen LogP contribution is -2.19. The van der Waals surface area contributed by atoms with Gasteiger partial charge in [-0.1, -0.05) is 20.8 Å². The first kappa shape index (κ1) is 16.5.